The first-order valence-electron chi connectivity index (χ1n) is 7.87. The summed E-state index contributed by atoms with van der Waals surface area (Å²) in [5.41, 5.74) is 3.67. The van der Waals surface area contributed by atoms with Crippen LogP contribution in [0.25, 0.3) is 38.2 Å². The summed E-state index contributed by atoms with van der Waals surface area (Å²) in [7, 11) is 0. The van der Waals surface area contributed by atoms with Crippen molar-refractivity contribution in [1.82, 2.24) is 9.38 Å². The van der Waals surface area contributed by atoms with E-state index in [0.717, 1.165) is 38.3 Å². The summed E-state index contributed by atoms with van der Waals surface area (Å²) in [6.45, 7) is 3.76. The van der Waals surface area contributed by atoms with E-state index in [1.165, 1.54) is 0 Å². The molecule has 4 heteroatoms. The Morgan fingerprint density at radius 2 is 1.67 bits per heavy atom. The van der Waals surface area contributed by atoms with Gasteiger partial charge in [-0.1, -0.05) is 24.3 Å². The van der Waals surface area contributed by atoms with Gasteiger partial charge < -0.3 is 5.11 Å². The summed E-state index contributed by atoms with van der Waals surface area (Å²) in [6, 6.07) is 13.3. The zero-order valence-corrected chi connectivity index (χ0v) is 13.3. The summed E-state index contributed by atoms with van der Waals surface area (Å²) >= 11 is 0. The molecule has 5 aromatic rings. The van der Waals surface area contributed by atoms with Crippen LogP contribution in [0, 0.1) is 13.8 Å². The molecule has 4 nitrogen and oxygen atoms in total. The summed E-state index contributed by atoms with van der Waals surface area (Å²) in [5, 5.41) is 13.9. The molecule has 0 aliphatic carbocycles. The number of pyridine rings is 1. The largest absolute Gasteiger partial charge is 0.507 e. The van der Waals surface area contributed by atoms with Gasteiger partial charge in [0.1, 0.15) is 11.4 Å². The average Bonchev–Trinajstić information content (AvgIpc) is 2.98. The second-order valence-corrected chi connectivity index (χ2v) is 6.27. The zero-order valence-electron chi connectivity index (χ0n) is 13.3. The maximum atomic E-state index is 13.1. The molecule has 0 aliphatic rings. The molecule has 2 heterocycles. The number of benzene rings is 3. The highest BCUT2D eigenvalue weighted by Gasteiger charge is 2.20. The van der Waals surface area contributed by atoms with E-state index in [1.807, 2.05) is 56.3 Å². The average molecular weight is 314 g/mol. The van der Waals surface area contributed by atoms with E-state index < -0.39 is 0 Å². The molecule has 24 heavy (non-hydrogen) atoms. The fraction of sp³-hybridized carbons (Fsp3) is 0.100. The molecule has 0 amide bonds. The van der Waals surface area contributed by atoms with Gasteiger partial charge in [0.15, 0.2) is 0 Å². The van der Waals surface area contributed by atoms with Gasteiger partial charge in [-0.25, -0.2) is 4.98 Å². The molecule has 0 bridgehead atoms. The van der Waals surface area contributed by atoms with Gasteiger partial charge >= 0.3 is 0 Å². The number of aromatic hydroxyl groups is 1. The highest BCUT2D eigenvalue weighted by atomic mass is 16.3. The van der Waals surface area contributed by atoms with Crippen LogP contribution in [-0.4, -0.2) is 14.5 Å². The van der Waals surface area contributed by atoms with Gasteiger partial charge in [-0.3, -0.25) is 9.20 Å². The van der Waals surface area contributed by atoms with Gasteiger partial charge in [-0.15, -0.1) is 0 Å². The molecule has 2 aromatic heterocycles. The lowest BCUT2D eigenvalue weighted by Gasteiger charge is -2.14. The SMILES string of the molecule is Cc1c(O)c(C)c2c3c1cccc3c(=O)n1c3ccccc3nc21. The predicted molar refractivity (Wildman–Crippen MR) is 96.3 cm³/mol. The summed E-state index contributed by atoms with van der Waals surface area (Å²) in [4.78, 5) is 17.8. The number of phenolic OH excluding ortho intramolecular Hbond substituents is 1. The second kappa shape index (κ2) is 4.23. The smallest absolute Gasteiger partial charge is 0.264 e. The Bertz CT molecular complexity index is 1350. The standard InChI is InChI=1S/C20H14N2O2/c1-10-12-6-5-7-13-17(12)16(11(2)18(10)23)19-21-14-8-3-4-9-15(14)22(19)20(13)24/h3-9,23H,1-2H3. The Kier molecular flexibility index (Phi) is 2.35. The van der Waals surface area contributed by atoms with Crippen molar-refractivity contribution in [2.24, 2.45) is 0 Å². The number of fused-ring (bicyclic) bond motifs is 4. The fourth-order valence-corrected chi connectivity index (χ4v) is 3.83. The summed E-state index contributed by atoms with van der Waals surface area (Å²) in [5.74, 6) is 0.266. The number of para-hydroxylation sites is 2. The lowest BCUT2D eigenvalue weighted by molar-refractivity contribution is 0.469. The van der Waals surface area contributed by atoms with E-state index in [1.54, 1.807) is 4.40 Å². The number of hydrogen-bond acceptors (Lipinski definition) is 3. The normalized spacial score (nSPS) is 12.1. The van der Waals surface area contributed by atoms with E-state index >= 15 is 0 Å². The minimum absolute atomic E-state index is 0.0683. The van der Waals surface area contributed by atoms with Crippen LogP contribution in [0.5, 0.6) is 5.75 Å². The molecular weight excluding hydrogens is 300 g/mol. The van der Waals surface area contributed by atoms with Gasteiger partial charge in [0.2, 0.25) is 0 Å². The molecule has 0 radical (unpaired) electrons. The highest BCUT2D eigenvalue weighted by Crippen LogP contribution is 2.39. The third kappa shape index (κ3) is 1.39. The minimum Gasteiger partial charge on any atom is -0.507 e. The minimum atomic E-state index is -0.0683. The van der Waals surface area contributed by atoms with Crippen LogP contribution in [0.4, 0.5) is 0 Å². The number of nitrogens with zero attached hydrogens (tertiary/aromatic N) is 2. The monoisotopic (exact) mass is 314 g/mol. The number of aromatic nitrogens is 2. The molecule has 0 saturated carbocycles. The van der Waals surface area contributed by atoms with Crippen molar-refractivity contribution >= 4 is 38.2 Å². The molecule has 0 aliphatic heterocycles. The van der Waals surface area contributed by atoms with Crippen molar-refractivity contribution in [1.29, 1.82) is 0 Å². The first-order valence-corrected chi connectivity index (χ1v) is 7.87. The van der Waals surface area contributed by atoms with Crippen LogP contribution in [0.1, 0.15) is 11.1 Å². The van der Waals surface area contributed by atoms with Crippen molar-refractivity contribution in [2.75, 3.05) is 0 Å². The third-order valence-corrected chi connectivity index (χ3v) is 5.02. The van der Waals surface area contributed by atoms with E-state index in [9.17, 15) is 9.90 Å². The van der Waals surface area contributed by atoms with Gasteiger partial charge in [-0.2, -0.15) is 0 Å². The lowest BCUT2D eigenvalue weighted by atomic mass is 9.94. The molecule has 116 valence electrons. The van der Waals surface area contributed by atoms with Crippen LogP contribution in [0.3, 0.4) is 0 Å². The van der Waals surface area contributed by atoms with E-state index in [4.69, 9.17) is 4.98 Å². The van der Waals surface area contributed by atoms with Crippen LogP contribution < -0.4 is 5.56 Å². The number of imidazole rings is 1. The number of hydrogen-bond donors (Lipinski definition) is 1. The quantitative estimate of drug-likeness (QED) is 0.471. The highest BCUT2D eigenvalue weighted by molar-refractivity contribution is 6.18. The van der Waals surface area contributed by atoms with Crippen molar-refractivity contribution in [3.63, 3.8) is 0 Å². The van der Waals surface area contributed by atoms with Gasteiger partial charge in [0.25, 0.3) is 5.56 Å². The van der Waals surface area contributed by atoms with Crippen LogP contribution in [0.2, 0.25) is 0 Å². The van der Waals surface area contributed by atoms with Gasteiger partial charge in [0, 0.05) is 21.7 Å². The van der Waals surface area contributed by atoms with Crippen molar-refractivity contribution in [3.8, 4) is 5.75 Å². The molecular formula is C20H14N2O2. The Balaban J connectivity index is 2.29. The third-order valence-electron chi connectivity index (χ3n) is 5.02. The molecule has 1 N–H and O–H groups in total. The summed E-state index contributed by atoms with van der Waals surface area (Å²) < 4.78 is 1.66. The molecule has 0 spiro atoms. The fourth-order valence-electron chi connectivity index (χ4n) is 3.83. The van der Waals surface area contributed by atoms with Gasteiger partial charge in [0.05, 0.1) is 11.0 Å². The Morgan fingerprint density at radius 1 is 0.917 bits per heavy atom. The first-order chi connectivity index (χ1) is 11.6. The predicted octanol–water partition coefficient (Wildman–Crippen LogP) is 3.91. The van der Waals surface area contributed by atoms with Crippen molar-refractivity contribution in [3.05, 3.63) is 63.9 Å². The maximum absolute atomic E-state index is 13.1. The van der Waals surface area contributed by atoms with Crippen LogP contribution in [-0.2, 0) is 0 Å². The Labute approximate surface area is 136 Å². The number of rotatable bonds is 0. The van der Waals surface area contributed by atoms with Gasteiger partial charge in [-0.05, 0) is 43.0 Å². The van der Waals surface area contributed by atoms with E-state index in [2.05, 4.69) is 0 Å². The number of phenols is 1. The van der Waals surface area contributed by atoms with Crippen molar-refractivity contribution < 1.29 is 5.11 Å². The molecule has 3 aromatic carbocycles. The molecule has 0 atom stereocenters. The maximum Gasteiger partial charge on any atom is 0.264 e. The topological polar surface area (TPSA) is 54.6 Å². The second-order valence-electron chi connectivity index (χ2n) is 6.27. The Hall–Kier alpha value is -3.14. The number of aryl methyl sites for hydroxylation is 2. The summed E-state index contributed by atoms with van der Waals surface area (Å²) in [6.07, 6.45) is 0. The molecule has 0 unspecified atom stereocenters. The van der Waals surface area contributed by atoms with Crippen molar-refractivity contribution in [2.45, 2.75) is 13.8 Å². The van der Waals surface area contributed by atoms with Crippen LogP contribution >= 0.6 is 0 Å². The zero-order chi connectivity index (χ0) is 16.6. The van der Waals surface area contributed by atoms with E-state index in [0.29, 0.717) is 11.0 Å². The lowest BCUT2D eigenvalue weighted by Crippen LogP contribution is -2.13. The molecule has 0 saturated heterocycles. The first kappa shape index (κ1) is 13.3. The molecule has 5 rings (SSSR count). The Morgan fingerprint density at radius 3 is 2.50 bits per heavy atom. The van der Waals surface area contributed by atoms with E-state index in [-0.39, 0.29) is 11.3 Å². The van der Waals surface area contributed by atoms with Crippen LogP contribution in [0.15, 0.2) is 47.3 Å². The molecule has 0 fully saturated rings.